The second kappa shape index (κ2) is 4.86. The number of nitrogens with zero attached hydrogens (tertiary/aromatic N) is 2. The zero-order chi connectivity index (χ0) is 14.5. The van der Waals surface area contributed by atoms with E-state index in [9.17, 15) is 8.42 Å². The number of rotatable bonds is 2. The number of likely N-dealkylation sites (N-methyl/N-ethyl adjacent to an activating group) is 1. The van der Waals surface area contributed by atoms with Crippen LogP contribution in [0.15, 0.2) is 24.3 Å². The molecule has 4 nitrogen and oxygen atoms in total. The number of halogens is 1. The Morgan fingerprint density at radius 1 is 1.25 bits per heavy atom. The van der Waals surface area contributed by atoms with Crippen molar-refractivity contribution in [1.82, 2.24) is 4.90 Å². The van der Waals surface area contributed by atoms with E-state index in [2.05, 4.69) is 0 Å². The Hall–Kier alpha value is -0.850. The van der Waals surface area contributed by atoms with Gasteiger partial charge in [-0.1, -0.05) is 11.6 Å². The maximum Gasteiger partial charge on any atom is 0.176 e. The van der Waals surface area contributed by atoms with E-state index in [1.54, 1.807) is 12.1 Å². The molecular formula is C13H15ClN2O2S2. The Balaban J connectivity index is 2.01. The monoisotopic (exact) mass is 330 g/mol. The fourth-order valence-electron chi connectivity index (χ4n) is 3.05. The zero-order valence-corrected chi connectivity index (χ0v) is 13.4. The number of hydrogen-bond acceptors (Lipinski definition) is 3. The summed E-state index contributed by atoms with van der Waals surface area (Å²) < 4.78 is 23.9. The van der Waals surface area contributed by atoms with Gasteiger partial charge in [0.15, 0.2) is 14.9 Å². The third-order valence-electron chi connectivity index (χ3n) is 3.92. The van der Waals surface area contributed by atoms with Gasteiger partial charge in [0.2, 0.25) is 0 Å². The van der Waals surface area contributed by atoms with Crippen LogP contribution in [0.4, 0.5) is 5.69 Å². The van der Waals surface area contributed by atoms with Crippen LogP contribution in [0.3, 0.4) is 0 Å². The first-order valence-corrected chi connectivity index (χ1v) is 9.09. The first-order valence-electron chi connectivity index (χ1n) is 6.49. The molecule has 0 spiro atoms. The van der Waals surface area contributed by atoms with Gasteiger partial charge in [-0.15, -0.1) is 0 Å². The molecule has 7 heteroatoms. The van der Waals surface area contributed by atoms with E-state index in [1.165, 1.54) is 0 Å². The molecule has 108 valence electrons. The van der Waals surface area contributed by atoms with Gasteiger partial charge in [-0.25, -0.2) is 8.42 Å². The maximum absolute atomic E-state index is 11.9. The summed E-state index contributed by atoms with van der Waals surface area (Å²) in [6.45, 7) is 2.72. The fraction of sp³-hybridized carbons (Fsp3) is 0.462. The number of anilines is 1. The van der Waals surface area contributed by atoms with Crippen LogP contribution >= 0.6 is 23.8 Å². The molecule has 2 saturated heterocycles. The summed E-state index contributed by atoms with van der Waals surface area (Å²) in [7, 11) is -2.99. The van der Waals surface area contributed by atoms with Crippen molar-refractivity contribution in [3.05, 3.63) is 29.3 Å². The molecule has 0 unspecified atom stereocenters. The molecule has 2 heterocycles. The highest BCUT2D eigenvalue weighted by molar-refractivity contribution is 7.91. The molecular weight excluding hydrogens is 316 g/mol. The lowest BCUT2D eigenvalue weighted by Crippen LogP contribution is -2.37. The van der Waals surface area contributed by atoms with E-state index in [4.69, 9.17) is 23.8 Å². The minimum Gasteiger partial charge on any atom is -0.343 e. The predicted molar refractivity (Wildman–Crippen MR) is 85.1 cm³/mol. The third kappa shape index (κ3) is 2.19. The highest BCUT2D eigenvalue weighted by Gasteiger charge is 2.51. The van der Waals surface area contributed by atoms with Gasteiger partial charge in [-0.2, -0.15) is 0 Å². The Morgan fingerprint density at radius 3 is 2.45 bits per heavy atom. The van der Waals surface area contributed by atoms with Gasteiger partial charge in [0.1, 0.15) is 0 Å². The summed E-state index contributed by atoms with van der Waals surface area (Å²) in [5, 5.41) is 1.36. The number of fused-ring (bicyclic) bond motifs is 1. The SMILES string of the molecule is CCN1C(=S)N(c2ccc(Cl)cc2)[C@@H]2CS(=O)(=O)C[C@@H]21. The summed E-state index contributed by atoms with van der Waals surface area (Å²) in [6, 6.07) is 7.24. The summed E-state index contributed by atoms with van der Waals surface area (Å²) in [4.78, 5) is 3.98. The molecule has 0 aliphatic carbocycles. The number of benzene rings is 1. The number of thiocarbonyl (C=S) groups is 1. The summed E-state index contributed by atoms with van der Waals surface area (Å²) in [5.74, 6) is 0.354. The standard InChI is InChI=1S/C13H15ClN2O2S2/c1-2-15-11-7-20(17,18)8-12(11)16(13(15)19)10-5-3-9(14)4-6-10/h3-6,11-12H,2,7-8H2,1H3/t11-,12+/m0/s1. The Labute approximate surface area is 129 Å². The van der Waals surface area contributed by atoms with Gasteiger partial charge in [0, 0.05) is 17.3 Å². The predicted octanol–water partition coefficient (Wildman–Crippen LogP) is 1.93. The molecule has 0 bridgehead atoms. The lowest BCUT2D eigenvalue weighted by atomic mass is 10.1. The van der Waals surface area contributed by atoms with Crippen LogP contribution in [-0.2, 0) is 9.84 Å². The van der Waals surface area contributed by atoms with Crippen molar-refractivity contribution in [2.75, 3.05) is 23.0 Å². The quantitative estimate of drug-likeness (QED) is 0.775. The molecule has 3 rings (SSSR count). The topological polar surface area (TPSA) is 40.6 Å². The van der Waals surface area contributed by atoms with E-state index < -0.39 is 9.84 Å². The van der Waals surface area contributed by atoms with Gasteiger partial charge in [-0.05, 0) is 43.4 Å². The normalized spacial score (nSPS) is 28.0. The second-order valence-electron chi connectivity index (χ2n) is 5.13. The van der Waals surface area contributed by atoms with Crippen LogP contribution in [-0.4, -0.2) is 48.6 Å². The Bertz CT molecular complexity index is 645. The summed E-state index contributed by atoms with van der Waals surface area (Å²) in [5.41, 5.74) is 0.905. The van der Waals surface area contributed by atoms with Crippen molar-refractivity contribution in [3.8, 4) is 0 Å². The van der Waals surface area contributed by atoms with E-state index in [0.29, 0.717) is 10.1 Å². The van der Waals surface area contributed by atoms with Crippen LogP contribution in [0, 0.1) is 0 Å². The van der Waals surface area contributed by atoms with Gasteiger partial charge < -0.3 is 9.80 Å². The lowest BCUT2D eigenvalue weighted by molar-refractivity contribution is 0.373. The van der Waals surface area contributed by atoms with Gasteiger partial charge in [0.05, 0.1) is 23.6 Å². The Kier molecular flexibility index (Phi) is 3.43. The van der Waals surface area contributed by atoms with Crippen molar-refractivity contribution in [2.45, 2.75) is 19.0 Å². The molecule has 20 heavy (non-hydrogen) atoms. The largest absolute Gasteiger partial charge is 0.343 e. The summed E-state index contributed by atoms with van der Waals surface area (Å²) in [6.07, 6.45) is 0. The molecule has 1 aromatic carbocycles. The summed E-state index contributed by atoms with van der Waals surface area (Å²) >= 11 is 11.4. The van der Waals surface area contributed by atoms with Gasteiger partial charge in [0.25, 0.3) is 0 Å². The average Bonchev–Trinajstić information content (AvgIpc) is 2.80. The first-order chi connectivity index (χ1) is 9.43. The smallest absolute Gasteiger partial charge is 0.176 e. The minimum absolute atomic E-state index is 0.0341. The zero-order valence-electron chi connectivity index (χ0n) is 11.0. The third-order valence-corrected chi connectivity index (χ3v) is 6.30. The molecule has 2 fully saturated rings. The van der Waals surface area contributed by atoms with E-state index in [-0.39, 0.29) is 23.6 Å². The van der Waals surface area contributed by atoms with E-state index in [0.717, 1.165) is 12.2 Å². The number of hydrogen-bond donors (Lipinski definition) is 0. The van der Waals surface area contributed by atoms with Gasteiger partial charge >= 0.3 is 0 Å². The molecule has 2 atom stereocenters. The van der Waals surface area contributed by atoms with Crippen molar-refractivity contribution < 1.29 is 8.42 Å². The highest BCUT2D eigenvalue weighted by Crippen LogP contribution is 2.35. The van der Waals surface area contributed by atoms with Gasteiger partial charge in [-0.3, -0.25) is 0 Å². The van der Waals surface area contributed by atoms with E-state index in [1.807, 2.05) is 28.9 Å². The maximum atomic E-state index is 11.9. The van der Waals surface area contributed by atoms with Crippen molar-refractivity contribution >= 4 is 44.5 Å². The molecule has 0 aromatic heterocycles. The van der Waals surface area contributed by atoms with Crippen LogP contribution in [0.1, 0.15) is 6.92 Å². The molecule has 2 aliphatic rings. The van der Waals surface area contributed by atoms with E-state index >= 15 is 0 Å². The number of sulfone groups is 1. The highest BCUT2D eigenvalue weighted by atomic mass is 35.5. The van der Waals surface area contributed by atoms with Crippen molar-refractivity contribution in [3.63, 3.8) is 0 Å². The molecule has 1 aromatic rings. The van der Waals surface area contributed by atoms with Crippen LogP contribution < -0.4 is 4.90 Å². The van der Waals surface area contributed by atoms with Crippen LogP contribution in [0.25, 0.3) is 0 Å². The second-order valence-corrected chi connectivity index (χ2v) is 8.08. The van der Waals surface area contributed by atoms with Crippen molar-refractivity contribution in [1.29, 1.82) is 0 Å². The lowest BCUT2D eigenvalue weighted by Gasteiger charge is -2.24. The molecule has 0 amide bonds. The van der Waals surface area contributed by atoms with Crippen LogP contribution in [0.5, 0.6) is 0 Å². The van der Waals surface area contributed by atoms with Crippen LogP contribution in [0.2, 0.25) is 5.02 Å². The average molecular weight is 331 g/mol. The molecule has 0 N–H and O–H groups in total. The van der Waals surface area contributed by atoms with Crippen molar-refractivity contribution in [2.24, 2.45) is 0 Å². The molecule has 0 radical (unpaired) electrons. The first kappa shape index (κ1) is 14.1. The fourth-order valence-corrected chi connectivity index (χ4v) is 5.63. The Morgan fingerprint density at radius 2 is 1.85 bits per heavy atom. The molecule has 2 aliphatic heterocycles. The minimum atomic E-state index is -2.99. The molecule has 0 saturated carbocycles.